The molecule has 3 atom stereocenters. The maximum absolute atomic E-state index is 13.0. The van der Waals surface area contributed by atoms with Crippen molar-refractivity contribution in [3.8, 4) is 0 Å². The lowest BCUT2D eigenvalue weighted by Crippen LogP contribution is -2.16. The van der Waals surface area contributed by atoms with Crippen molar-refractivity contribution in [1.29, 1.82) is 0 Å². The Balaban J connectivity index is 1.86. The third kappa shape index (κ3) is 2.58. The van der Waals surface area contributed by atoms with Crippen molar-refractivity contribution in [1.82, 2.24) is 10.3 Å². The van der Waals surface area contributed by atoms with Gasteiger partial charge in [0, 0.05) is 12.5 Å². The molecule has 20 heavy (non-hydrogen) atoms. The number of hydrogen-bond acceptors (Lipinski definition) is 4. The van der Waals surface area contributed by atoms with Crippen LogP contribution < -0.4 is 5.32 Å². The monoisotopic (exact) mass is 306 g/mol. The fourth-order valence-electron chi connectivity index (χ4n) is 3.01. The van der Waals surface area contributed by atoms with E-state index in [1.165, 1.54) is 11.3 Å². The normalized spacial score (nSPS) is 29.3. The molecular weight excluding hydrogens is 289 g/mol. The Morgan fingerprint density at radius 1 is 1.40 bits per heavy atom. The number of rotatable bonds is 4. The first-order valence-corrected chi connectivity index (χ1v) is 7.73. The maximum atomic E-state index is 13.0. The predicted octanol–water partition coefficient (Wildman–Crippen LogP) is 3.31. The number of ether oxygens (including phenoxy) is 1. The first-order valence-electron chi connectivity index (χ1n) is 6.92. The molecule has 2 saturated heterocycles. The average molecular weight is 306 g/mol. The summed E-state index contributed by atoms with van der Waals surface area (Å²) in [7, 11) is 0. The van der Waals surface area contributed by atoms with Gasteiger partial charge in [-0.1, -0.05) is 6.92 Å². The van der Waals surface area contributed by atoms with Gasteiger partial charge in [-0.15, -0.1) is 11.3 Å². The van der Waals surface area contributed by atoms with E-state index in [2.05, 4.69) is 10.3 Å². The van der Waals surface area contributed by atoms with Crippen LogP contribution in [0, 0.1) is 0 Å². The summed E-state index contributed by atoms with van der Waals surface area (Å²) in [5, 5.41) is 3.55. The van der Waals surface area contributed by atoms with E-state index in [1.807, 2.05) is 6.92 Å². The zero-order valence-electron chi connectivity index (χ0n) is 11.2. The van der Waals surface area contributed by atoms with Crippen molar-refractivity contribution in [2.24, 2.45) is 0 Å². The van der Waals surface area contributed by atoms with Crippen molar-refractivity contribution >= 4 is 11.3 Å². The minimum atomic E-state index is -4.38. The number of halogens is 3. The molecule has 1 aromatic heterocycles. The van der Waals surface area contributed by atoms with Gasteiger partial charge in [0.15, 0.2) is 5.69 Å². The van der Waals surface area contributed by atoms with E-state index in [0.717, 1.165) is 19.3 Å². The van der Waals surface area contributed by atoms with Crippen molar-refractivity contribution in [3.63, 3.8) is 0 Å². The number of aromatic nitrogens is 1. The average Bonchev–Trinajstić information content (AvgIpc) is 3.09. The molecule has 3 heterocycles. The van der Waals surface area contributed by atoms with Gasteiger partial charge in [-0.05, 0) is 25.8 Å². The highest BCUT2D eigenvalue weighted by molar-refractivity contribution is 7.11. The molecule has 7 heteroatoms. The number of nitrogens with zero attached hydrogens (tertiary/aromatic N) is 1. The number of fused-ring (bicyclic) bond motifs is 2. The van der Waals surface area contributed by atoms with E-state index in [-0.39, 0.29) is 29.5 Å². The summed E-state index contributed by atoms with van der Waals surface area (Å²) in [6, 6.07) is 0. The summed E-state index contributed by atoms with van der Waals surface area (Å²) in [6.07, 6.45) is -1.30. The molecule has 1 N–H and O–H groups in total. The summed E-state index contributed by atoms with van der Waals surface area (Å²) in [4.78, 5) is 4.20. The molecule has 0 saturated carbocycles. The van der Waals surface area contributed by atoms with E-state index in [0.29, 0.717) is 11.6 Å². The molecule has 0 aromatic carbocycles. The van der Waals surface area contributed by atoms with Crippen LogP contribution in [0.25, 0.3) is 0 Å². The van der Waals surface area contributed by atoms with Crippen LogP contribution in [-0.2, 0) is 17.5 Å². The molecule has 0 aliphatic carbocycles. The molecule has 0 spiro atoms. The molecule has 112 valence electrons. The lowest BCUT2D eigenvalue weighted by atomic mass is 9.90. The van der Waals surface area contributed by atoms with Gasteiger partial charge in [-0.3, -0.25) is 0 Å². The Hall–Kier alpha value is -0.660. The van der Waals surface area contributed by atoms with Gasteiger partial charge < -0.3 is 10.1 Å². The number of nitrogens with one attached hydrogen (secondary N) is 1. The van der Waals surface area contributed by atoms with Crippen LogP contribution in [0.2, 0.25) is 0 Å². The minimum absolute atomic E-state index is 0.0511. The van der Waals surface area contributed by atoms with Gasteiger partial charge in [0.05, 0.1) is 22.1 Å². The largest absolute Gasteiger partial charge is 0.434 e. The van der Waals surface area contributed by atoms with Crippen LogP contribution in [0.15, 0.2) is 0 Å². The highest BCUT2D eigenvalue weighted by Crippen LogP contribution is 2.47. The van der Waals surface area contributed by atoms with Gasteiger partial charge in [-0.2, -0.15) is 13.2 Å². The number of thiazole rings is 1. The second kappa shape index (κ2) is 5.27. The predicted molar refractivity (Wildman–Crippen MR) is 69.7 cm³/mol. The molecule has 1 aromatic rings. The smallest absolute Gasteiger partial charge is 0.374 e. The first kappa shape index (κ1) is 14.3. The second-order valence-corrected chi connectivity index (χ2v) is 6.43. The SMILES string of the molecule is CCNCc1sc(C2CC3CCC2O3)nc1C(F)(F)F. The molecule has 2 aliphatic heterocycles. The first-order chi connectivity index (χ1) is 9.49. The number of alkyl halides is 3. The minimum Gasteiger partial charge on any atom is -0.374 e. The van der Waals surface area contributed by atoms with Crippen molar-refractivity contribution in [2.75, 3.05) is 6.54 Å². The zero-order chi connectivity index (χ0) is 14.3. The Morgan fingerprint density at radius 3 is 2.75 bits per heavy atom. The van der Waals surface area contributed by atoms with E-state index in [9.17, 15) is 13.2 Å². The molecule has 0 amide bonds. The molecule has 3 rings (SSSR count). The molecule has 3 nitrogen and oxygen atoms in total. The van der Waals surface area contributed by atoms with Gasteiger partial charge in [0.1, 0.15) is 0 Å². The van der Waals surface area contributed by atoms with Crippen LogP contribution in [0.1, 0.15) is 47.7 Å². The highest BCUT2D eigenvalue weighted by Gasteiger charge is 2.45. The van der Waals surface area contributed by atoms with Crippen molar-refractivity contribution in [2.45, 2.75) is 57.0 Å². The lowest BCUT2D eigenvalue weighted by Gasteiger charge is -2.15. The summed E-state index contributed by atoms with van der Waals surface area (Å²) >= 11 is 1.19. The van der Waals surface area contributed by atoms with Crippen molar-refractivity contribution in [3.05, 3.63) is 15.6 Å². The summed E-state index contributed by atoms with van der Waals surface area (Å²) in [6.45, 7) is 2.74. The fraction of sp³-hybridized carbons (Fsp3) is 0.769. The number of hydrogen-bond donors (Lipinski definition) is 1. The van der Waals surface area contributed by atoms with Gasteiger partial charge in [0.2, 0.25) is 0 Å². The summed E-state index contributed by atoms with van der Waals surface area (Å²) in [5.41, 5.74) is -0.721. The molecule has 3 unspecified atom stereocenters. The standard InChI is InChI=1S/C13H17F3N2OS/c1-2-17-6-10-11(13(14,15)16)18-12(20-10)8-5-7-3-4-9(8)19-7/h7-9,17H,2-6H2,1H3. The van der Waals surface area contributed by atoms with Crippen LogP contribution in [0.4, 0.5) is 13.2 Å². The Bertz CT molecular complexity index is 488. The Morgan fingerprint density at radius 2 is 2.20 bits per heavy atom. The third-order valence-corrected chi connectivity index (χ3v) is 5.13. The van der Waals surface area contributed by atoms with Crippen LogP contribution in [-0.4, -0.2) is 23.7 Å². The molecule has 2 fully saturated rings. The van der Waals surface area contributed by atoms with E-state index >= 15 is 0 Å². The van der Waals surface area contributed by atoms with E-state index in [4.69, 9.17) is 4.74 Å². The lowest BCUT2D eigenvalue weighted by molar-refractivity contribution is -0.141. The van der Waals surface area contributed by atoms with Crippen LogP contribution in [0.5, 0.6) is 0 Å². The molecule has 2 bridgehead atoms. The fourth-order valence-corrected chi connectivity index (χ4v) is 4.23. The molecular formula is C13H17F3N2OS. The quantitative estimate of drug-likeness (QED) is 0.927. The molecule has 2 aliphatic rings. The highest BCUT2D eigenvalue weighted by atomic mass is 32.1. The maximum Gasteiger partial charge on any atom is 0.434 e. The van der Waals surface area contributed by atoms with Gasteiger partial charge in [0.25, 0.3) is 0 Å². The van der Waals surface area contributed by atoms with Crippen molar-refractivity contribution < 1.29 is 17.9 Å². The molecule has 0 radical (unpaired) electrons. The summed E-state index contributed by atoms with van der Waals surface area (Å²) < 4.78 is 44.9. The Labute approximate surface area is 119 Å². The van der Waals surface area contributed by atoms with Crippen LogP contribution in [0.3, 0.4) is 0 Å². The summed E-state index contributed by atoms with van der Waals surface area (Å²) in [5.74, 6) is 0.0511. The topological polar surface area (TPSA) is 34.1 Å². The van der Waals surface area contributed by atoms with Gasteiger partial charge in [-0.25, -0.2) is 4.98 Å². The van der Waals surface area contributed by atoms with E-state index < -0.39 is 11.9 Å². The third-order valence-electron chi connectivity index (χ3n) is 3.94. The van der Waals surface area contributed by atoms with Gasteiger partial charge >= 0.3 is 6.18 Å². The zero-order valence-corrected chi connectivity index (χ0v) is 12.0. The Kier molecular flexibility index (Phi) is 3.77. The van der Waals surface area contributed by atoms with Crippen LogP contribution >= 0.6 is 11.3 Å². The second-order valence-electron chi connectivity index (χ2n) is 5.32. The van der Waals surface area contributed by atoms with E-state index in [1.54, 1.807) is 0 Å².